The maximum Gasteiger partial charge on any atom is -1.00 e. The van der Waals surface area contributed by atoms with Gasteiger partial charge in [-0.1, -0.05) is 11.6 Å². The number of oxime groups is 1. The van der Waals surface area contributed by atoms with Gasteiger partial charge in [0.15, 0.2) is 0 Å². The Kier molecular flexibility index (Phi) is 12.2. The standard InChI is InChI=1S/C13H22N4O3.F5P.FH/c1-4-19-12(18)11(10-14)15-20-13(16(2)3)17-8-6-5-7-9-17;1-6(2,3,4)5;/h13H,4-9H2,1-3H3;;1H/p-1/b15-11-;;. The number of nitrogens with zero attached hydrogens (tertiary/aromatic N) is 4. The predicted molar refractivity (Wildman–Crippen MR) is 86.1 cm³/mol. The van der Waals surface area contributed by atoms with Gasteiger partial charge in [-0.3, -0.25) is 9.80 Å². The number of hydrogen-bond donors (Lipinski definition) is 0. The number of carbonyl (C=O) groups is 1. The summed E-state index contributed by atoms with van der Waals surface area (Å²) < 4.78 is 53.9. The van der Waals surface area contributed by atoms with Gasteiger partial charge in [0.25, 0.3) is 5.71 Å². The van der Waals surface area contributed by atoms with Crippen molar-refractivity contribution in [2.45, 2.75) is 32.5 Å². The molecule has 1 aliphatic heterocycles. The maximum absolute atomic E-state index is 11.5. The van der Waals surface area contributed by atoms with E-state index < -0.39 is 14.1 Å². The van der Waals surface area contributed by atoms with Crippen molar-refractivity contribution >= 4 is 19.8 Å². The van der Waals surface area contributed by atoms with Gasteiger partial charge in [-0.05, 0) is 33.9 Å². The van der Waals surface area contributed by atoms with Crippen LogP contribution in [-0.4, -0.2) is 61.6 Å². The van der Waals surface area contributed by atoms with Crippen LogP contribution in [0.3, 0.4) is 0 Å². The van der Waals surface area contributed by atoms with Gasteiger partial charge in [-0.2, -0.15) is 5.26 Å². The Bertz CT molecular complexity index is 513. The van der Waals surface area contributed by atoms with Crippen molar-refractivity contribution in [2.24, 2.45) is 5.16 Å². The van der Waals surface area contributed by atoms with Gasteiger partial charge in [0, 0.05) is 13.1 Å². The number of nitriles is 1. The van der Waals surface area contributed by atoms with Crippen LogP contribution in [0.2, 0.25) is 0 Å². The predicted octanol–water partition coefficient (Wildman–Crippen LogP) is 0.743. The first-order valence-corrected chi connectivity index (χ1v) is 9.35. The van der Waals surface area contributed by atoms with Crippen LogP contribution in [0.1, 0.15) is 26.2 Å². The first-order chi connectivity index (χ1) is 11.8. The SMILES string of the molecule is CCOC(=O)/C(C#N)=N\OC(N(C)C)N1CCCCC1.FP(F)(F)(F)F.[F-]. The largest absolute Gasteiger partial charge is 1.00 e. The van der Waals surface area contributed by atoms with Crippen LogP contribution in [0.15, 0.2) is 5.16 Å². The van der Waals surface area contributed by atoms with Gasteiger partial charge in [-0.15, -0.1) is 0 Å². The van der Waals surface area contributed by atoms with Crippen LogP contribution < -0.4 is 4.70 Å². The molecule has 0 aromatic rings. The number of likely N-dealkylation sites (tertiary alicyclic amines) is 1. The fourth-order valence-corrected chi connectivity index (χ4v) is 2.03. The second-order valence-electron chi connectivity index (χ2n) is 5.40. The summed E-state index contributed by atoms with van der Waals surface area (Å²) in [5.41, 5.74) is -0.365. The van der Waals surface area contributed by atoms with E-state index in [4.69, 9.17) is 14.8 Å². The van der Waals surface area contributed by atoms with E-state index in [1.807, 2.05) is 19.0 Å². The molecule has 0 bridgehead atoms. The summed E-state index contributed by atoms with van der Waals surface area (Å²) in [7, 11) is -4.82. The van der Waals surface area contributed by atoms with E-state index in [9.17, 15) is 25.8 Å². The molecule has 0 radical (unpaired) electrons. The second kappa shape index (κ2) is 11.9. The first-order valence-electron chi connectivity index (χ1n) is 7.66. The number of piperidine rings is 1. The third-order valence-electron chi connectivity index (χ3n) is 2.96. The Morgan fingerprint density at radius 2 is 1.70 bits per heavy atom. The van der Waals surface area contributed by atoms with E-state index in [0.29, 0.717) is 0 Å². The molecule has 14 heteroatoms. The molecule has 0 N–H and O–H groups in total. The first kappa shape index (κ1) is 27.6. The molecular formula is C13H22F6N4O3P-. The summed E-state index contributed by atoms with van der Waals surface area (Å²) in [5, 5.41) is 12.6. The average Bonchev–Trinajstić information content (AvgIpc) is 2.50. The molecule has 0 spiro atoms. The Labute approximate surface area is 153 Å². The molecule has 0 aliphatic carbocycles. The Balaban J connectivity index is 0. The van der Waals surface area contributed by atoms with Crippen molar-refractivity contribution in [3.63, 3.8) is 0 Å². The molecular weight excluding hydrogens is 405 g/mol. The Morgan fingerprint density at radius 3 is 2.07 bits per heavy atom. The quantitative estimate of drug-likeness (QED) is 0.156. The zero-order valence-corrected chi connectivity index (χ0v) is 15.9. The minimum absolute atomic E-state index is 0. The van der Waals surface area contributed by atoms with Gasteiger partial charge in [0.05, 0.1) is 6.61 Å². The fourth-order valence-electron chi connectivity index (χ4n) is 2.03. The zero-order valence-electron chi connectivity index (χ0n) is 15.0. The van der Waals surface area contributed by atoms with Gasteiger partial charge in [0.1, 0.15) is 6.07 Å². The van der Waals surface area contributed by atoms with Crippen molar-refractivity contribution < 1.29 is 40.1 Å². The van der Waals surface area contributed by atoms with Crippen LogP contribution >= 0.6 is 8.16 Å². The maximum atomic E-state index is 11.5. The minimum Gasteiger partial charge on any atom is -1.00 e. The van der Waals surface area contributed by atoms with Crippen molar-refractivity contribution in [3.8, 4) is 6.07 Å². The normalized spacial score (nSPS) is 17.9. The molecule has 1 unspecified atom stereocenters. The molecule has 1 heterocycles. The number of ether oxygens (including phenoxy) is 1. The molecule has 1 fully saturated rings. The Morgan fingerprint density at radius 1 is 1.22 bits per heavy atom. The number of esters is 1. The summed E-state index contributed by atoms with van der Waals surface area (Å²) in [6.45, 7) is 3.70. The van der Waals surface area contributed by atoms with Crippen LogP contribution in [0, 0.1) is 11.3 Å². The van der Waals surface area contributed by atoms with Gasteiger partial charge in [-0.25, -0.2) is 4.79 Å². The van der Waals surface area contributed by atoms with Crippen molar-refractivity contribution in [2.75, 3.05) is 33.8 Å². The van der Waals surface area contributed by atoms with Gasteiger partial charge in [0.2, 0.25) is 6.35 Å². The van der Waals surface area contributed by atoms with E-state index in [1.165, 1.54) is 6.42 Å². The molecule has 7 nitrogen and oxygen atoms in total. The molecule has 1 aliphatic rings. The molecule has 27 heavy (non-hydrogen) atoms. The van der Waals surface area contributed by atoms with E-state index in [0.717, 1.165) is 25.9 Å². The van der Waals surface area contributed by atoms with Crippen LogP contribution in [0.4, 0.5) is 21.0 Å². The monoisotopic (exact) mass is 427 g/mol. The average molecular weight is 427 g/mol. The molecule has 1 saturated heterocycles. The molecule has 1 rings (SSSR count). The van der Waals surface area contributed by atoms with Crippen molar-refractivity contribution in [3.05, 3.63) is 0 Å². The van der Waals surface area contributed by atoms with Gasteiger partial charge >= 0.3 is 35.1 Å². The Hall–Kier alpha value is -1.64. The summed E-state index contributed by atoms with van der Waals surface area (Å²) in [5.74, 6) is -0.758. The van der Waals surface area contributed by atoms with E-state index in [-0.39, 0.29) is 23.4 Å². The van der Waals surface area contributed by atoms with Gasteiger partial charge < -0.3 is 14.3 Å². The zero-order chi connectivity index (χ0) is 20.4. The molecule has 1 atom stereocenters. The van der Waals surface area contributed by atoms with E-state index >= 15 is 0 Å². The van der Waals surface area contributed by atoms with Crippen molar-refractivity contribution in [1.29, 1.82) is 5.26 Å². The molecule has 0 saturated carbocycles. The van der Waals surface area contributed by atoms with E-state index in [2.05, 4.69) is 10.1 Å². The topological polar surface area (TPSA) is 78.2 Å². The smallest absolute Gasteiger partial charge is 1.00 e. The van der Waals surface area contributed by atoms with Crippen LogP contribution in [0.5, 0.6) is 0 Å². The van der Waals surface area contributed by atoms with E-state index in [1.54, 1.807) is 13.0 Å². The number of halogens is 6. The molecule has 0 aromatic carbocycles. The summed E-state index contributed by atoms with van der Waals surface area (Å²) in [6.07, 6.45) is 3.06. The number of rotatable bonds is 6. The summed E-state index contributed by atoms with van der Waals surface area (Å²) in [4.78, 5) is 20.8. The van der Waals surface area contributed by atoms with Crippen LogP contribution in [-0.2, 0) is 14.4 Å². The third kappa shape index (κ3) is 15.1. The third-order valence-corrected chi connectivity index (χ3v) is 2.96. The molecule has 0 amide bonds. The van der Waals surface area contributed by atoms with Crippen LogP contribution in [0.25, 0.3) is 0 Å². The second-order valence-corrected chi connectivity index (χ2v) is 6.68. The summed E-state index contributed by atoms with van der Waals surface area (Å²) >= 11 is 0. The van der Waals surface area contributed by atoms with Crippen molar-refractivity contribution in [1.82, 2.24) is 9.80 Å². The summed E-state index contributed by atoms with van der Waals surface area (Å²) in [6, 6.07) is 1.70. The number of carbonyl (C=O) groups excluding carboxylic acids is 1. The molecule has 160 valence electrons. The molecule has 0 aromatic heterocycles. The number of hydrogen-bond acceptors (Lipinski definition) is 7. The minimum atomic E-state index is -8.55. The fraction of sp³-hybridized carbons (Fsp3) is 0.769.